The van der Waals surface area contributed by atoms with Crippen LogP contribution < -0.4 is 10.1 Å². The molecule has 35 heavy (non-hydrogen) atoms. The Bertz CT molecular complexity index is 1180. The summed E-state index contributed by atoms with van der Waals surface area (Å²) in [5.74, 6) is 2.24. The maximum absolute atomic E-state index is 13.0. The number of hydrogen-bond donors (Lipinski definition) is 2. The van der Waals surface area contributed by atoms with Crippen LogP contribution in [0.25, 0.3) is 11.0 Å². The van der Waals surface area contributed by atoms with Gasteiger partial charge >= 0.3 is 0 Å². The Morgan fingerprint density at radius 3 is 2.86 bits per heavy atom. The summed E-state index contributed by atoms with van der Waals surface area (Å²) >= 11 is 0. The molecule has 184 valence electrons. The lowest BCUT2D eigenvalue weighted by Gasteiger charge is -2.35. The summed E-state index contributed by atoms with van der Waals surface area (Å²) in [7, 11) is 2.12. The maximum Gasteiger partial charge on any atom is 0.246 e. The SMILES string of the molecule is Cc1ccc(Oc2ccnc3[nH]nc(NC[C@@H]4CCCCN4C(=O)/C=C/CN(C)C4CC4)c23)cc1. The number of nitrogens with one attached hydrogen (secondary N) is 2. The van der Waals surface area contributed by atoms with Crippen LogP contribution in [0.3, 0.4) is 0 Å². The van der Waals surface area contributed by atoms with E-state index in [1.807, 2.05) is 48.2 Å². The molecule has 0 radical (unpaired) electrons. The summed E-state index contributed by atoms with van der Waals surface area (Å²) < 4.78 is 6.16. The lowest BCUT2D eigenvalue weighted by molar-refractivity contribution is -0.129. The lowest BCUT2D eigenvalue weighted by atomic mass is 10.0. The van der Waals surface area contributed by atoms with Crippen molar-refractivity contribution in [3.05, 3.63) is 54.2 Å². The number of benzene rings is 1. The molecular weight excluding hydrogens is 440 g/mol. The molecule has 5 rings (SSSR count). The van der Waals surface area contributed by atoms with Crippen LogP contribution in [0.2, 0.25) is 0 Å². The summed E-state index contributed by atoms with van der Waals surface area (Å²) in [6.07, 6.45) is 11.1. The number of aromatic amines is 1. The van der Waals surface area contributed by atoms with Gasteiger partial charge in [-0.15, -0.1) is 0 Å². The average Bonchev–Trinajstić information content (AvgIpc) is 3.64. The number of piperidine rings is 1. The van der Waals surface area contributed by atoms with Crippen molar-refractivity contribution < 1.29 is 9.53 Å². The molecule has 2 fully saturated rings. The number of ether oxygens (including phenoxy) is 1. The van der Waals surface area contributed by atoms with E-state index in [0.717, 1.165) is 43.5 Å². The number of anilines is 1. The third-order valence-corrected chi connectivity index (χ3v) is 6.91. The summed E-state index contributed by atoms with van der Waals surface area (Å²) in [5, 5.41) is 11.7. The lowest BCUT2D eigenvalue weighted by Crippen LogP contribution is -2.46. The van der Waals surface area contributed by atoms with Crippen LogP contribution in [0.5, 0.6) is 11.5 Å². The average molecular weight is 475 g/mol. The van der Waals surface area contributed by atoms with Gasteiger partial charge in [0, 0.05) is 50.1 Å². The predicted molar refractivity (Wildman–Crippen MR) is 138 cm³/mol. The van der Waals surface area contributed by atoms with Gasteiger partial charge in [-0.05, 0) is 58.2 Å². The smallest absolute Gasteiger partial charge is 0.246 e. The molecular formula is C27H34N6O2. The molecule has 1 atom stereocenters. The minimum atomic E-state index is 0.0950. The largest absolute Gasteiger partial charge is 0.456 e. The Kier molecular flexibility index (Phi) is 6.99. The first-order valence-corrected chi connectivity index (χ1v) is 12.6. The van der Waals surface area contributed by atoms with Crippen molar-refractivity contribution >= 4 is 22.8 Å². The number of H-pyrrole nitrogens is 1. The maximum atomic E-state index is 13.0. The Balaban J connectivity index is 1.26. The molecule has 1 aliphatic carbocycles. The van der Waals surface area contributed by atoms with E-state index in [2.05, 4.69) is 32.4 Å². The molecule has 0 bridgehead atoms. The Labute approximate surface area is 206 Å². The van der Waals surface area contributed by atoms with Gasteiger partial charge in [0.05, 0.1) is 0 Å². The number of amides is 1. The predicted octanol–water partition coefficient (Wildman–Crippen LogP) is 4.50. The standard InChI is InChI=1S/C27H34N6O2/c1-19-8-12-22(13-9-19)35-23-14-15-28-26-25(23)27(31-30-26)29-18-21-6-3-4-17-33(21)24(34)7-5-16-32(2)20-10-11-20/h5,7-9,12-15,20-21H,3-4,6,10-11,16-18H2,1-2H3,(H2,28,29,30,31)/b7-5+/t21-/m0/s1. The number of nitrogens with zero attached hydrogens (tertiary/aromatic N) is 4. The van der Waals surface area contributed by atoms with Gasteiger partial charge in [-0.25, -0.2) is 4.98 Å². The molecule has 1 amide bonds. The zero-order valence-corrected chi connectivity index (χ0v) is 20.5. The second-order valence-electron chi connectivity index (χ2n) is 9.66. The summed E-state index contributed by atoms with van der Waals surface area (Å²) in [4.78, 5) is 21.7. The van der Waals surface area contributed by atoms with E-state index in [-0.39, 0.29) is 11.9 Å². The zero-order valence-electron chi connectivity index (χ0n) is 20.5. The molecule has 3 heterocycles. The quantitative estimate of drug-likeness (QED) is 0.444. The van der Waals surface area contributed by atoms with Gasteiger partial charge in [-0.1, -0.05) is 23.8 Å². The topological polar surface area (TPSA) is 86.4 Å². The second-order valence-corrected chi connectivity index (χ2v) is 9.66. The van der Waals surface area contributed by atoms with E-state index in [0.29, 0.717) is 29.8 Å². The van der Waals surface area contributed by atoms with Crippen LogP contribution in [0.1, 0.15) is 37.7 Å². The number of fused-ring (bicyclic) bond motifs is 1. The molecule has 1 saturated carbocycles. The van der Waals surface area contributed by atoms with Crippen molar-refractivity contribution in [3.8, 4) is 11.5 Å². The Hall–Kier alpha value is -3.39. The monoisotopic (exact) mass is 474 g/mol. The summed E-state index contributed by atoms with van der Waals surface area (Å²) in [5.41, 5.74) is 1.84. The van der Waals surface area contributed by atoms with Crippen LogP contribution in [0, 0.1) is 6.92 Å². The van der Waals surface area contributed by atoms with Gasteiger partial charge < -0.3 is 15.0 Å². The first kappa shape index (κ1) is 23.4. The van der Waals surface area contributed by atoms with Gasteiger partial charge in [-0.3, -0.25) is 14.8 Å². The number of likely N-dealkylation sites (tertiary alicyclic amines) is 1. The summed E-state index contributed by atoms with van der Waals surface area (Å²) in [6.45, 7) is 4.29. The van der Waals surface area contributed by atoms with E-state index in [1.54, 1.807) is 12.3 Å². The molecule has 0 unspecified atom stereocenters. The van der Waals surface area contributed by atoms with E-state index >= 15 is 0 Å². The van der Waals surface area contributed by atoms with Crippen molar-refractivity contribution in [3.63, 3.8) is 0 Å². The van der Waals surface area contributed by atoms with Crippen LogP contribution in [-0.4, -0.2) is 69.7 Å². The fourth-order valence-corrected chi connectivity index (χ4v) is 4.67. The molecule has 2 N–H and O–H groups in total. The molecule has 1 saturated heterocycles. The van der Waals surface area contributed by atoms with Crippen molar-refractivity contribution in [1.82, 2.24) is 25.0 Å². The van der Waals surface area contributed by atoms with E-state index in [9.17, 15) is 4.79 Å². The van der Waals surface area contributed by atoms with Crippen molar-refractivity contribution in [2.75, 3.05) is 32.0 Å². The molecule has 0 spiro atoms. The number of pyridine rings is 1. The first-order chi connectivity index (χ1) is 17.1. The van der Waals surface area contributed by atoms with E-state index in [4.69, 9.17) is 4.74 Å². The van der Waals surface area contributed by atoms with Crippen LogP contribution in [0.4, 0.5) is 5.82 Å². The molecule has 2 aromatic heterocycles. The fourth-order valence-electron chi connectivity index (χ4n) is 4.67. The number of rotatable bonds is 9. The normalized spacial score (nSPS) is 18.5. The van der Waals surface area contributed by atoms with Gasteiger partial charge in [-0.2, -0.15) is 5.10 Å². The van der Waals surface area contributed by atoms with Crippen molar-refractivity contribution in [2.45, 2.75) is 51.1 Å². The summed E-state index contributed by atoms with van der Waals surface area (Å²) in [6, 6.07) is 10.6. The molecule has 8 heteroatoms. The second kappa shape index (κ2) is 10.5. The molecule has 8 nitrogen and oxygen atoms in total. The van der Waals surface area contributed by atoms with Crippen molar-refractivity contribution in [1.29, 1.82) is 0 Å². The zero-order chi connectivity index (χ0) is 24.2. The van der Waals surface area contributed by atoms with E-state index < -0.39 is 0 Å². The highest BCUT2D eigenvalue weighted by Gasteiger charge is 2.27. The third-order valence-electron chi connectivity index (χ3n) is 6.91. The number of carbonyl (C=O) groups excluding carboxylic acids is 1. The highest BCUT2D eigenvalue weighted by atomic mass is 16.5. The van der Waals surface area contributed by atoms with Crippen molar-refractivity contribution in [2.24, 2.45) is 0 Å². The Morgan fingerprint density at radius 2 is 2.06 bits per heavy atom. The molecule has 1 aliphatic heterocycles. The van der Waals surface area contributed by atoms with Gasteiger partial charge in [0.2, 0.25) is 5.91 Å². The van der Waals surface area contributed by atoms with Crippen LogP contribution >= 0.6 is 0 Å². The third kappa shape index (κ3) is 5.65. The molecule has 3 aromatic rings. The minimum absolute atomic E-state index is 0.0950. The number of aromatic nitrogens is 3. The highest BCUT2D eigenvalue weighted by molar-refractivity contribution is 5.93. The van der Waals surface area contributed by atoms with Gasteiger partial charge in [0.15, 0.2) is 11.5 Å². The molecule has 1 aromatic carbocycles. The number of hydrogen-bond acceptors (Lipinski definition) is 6. The van der Waals surface area contributed by atoms with Crippen LogP contribution in [-0.2, 0) is 4.79 Å². The fraction of sp³-hybridized carbons (Fsp3) is 0.444. The van der Waals surface area contributed by atoms with E-state index in [1.165, 1.54) is 18.4 Å². The number of carbonyl (C=O) groups is 1. The first-order valence-electron chi connectivity index (χ1n) is 12.6. The Morgan fingerprint density at radius 1 is 1.23 bits per heavy atom. The number of aryl methyl sites for hydroxylation is 1. The number of likely N-dealkylation sites (N-methyl/N-ethyl adjacent to an activating group) is 1. The molecule has 2 aliphatic rings. The minimum Gasteiger partial charge on any atom is -0.456 e. The highest BCUT2D eigenvalue weighted by Crippen LogP contribution is 2.33. The van der Waals surface area contributed by atoms with Crippen LogP contribution in [0.15, 0.2) is 48.7 Å². The van der Waals surface area contributed by atoms with Gasteiger partial charge in [0.1, 0.15) is 16.9 Å². The van der Waals surface area contributed by atoms with Gasteiger partial charge in [0.25, 0.3) is 0 Å².